The number of hydrogen-bond donors (Lipinski definition) is 1. The van der Waals surface area contributed by atoms with E-state index in [1.807, 2.05) is 56.3 Å². The molecule has 0 saturated heterocycles. The van der Waals surface area contributed by atoms with Crippen LogP contribution in [0.25, 0.3) is 23.4 Å². The van der Waals surface area contributed by atoms with Gasteiger partial charge in [-0.25, -0.2) is 4.79 Å². The summed E-state index contributed by atoms with van der Waals surface area (Å²) in [5.41, 5.74) is 2.92. The highest BCUT2D eigenvalue weighted by Crippen LogP contribution is 2.37. The Balaban J connectivity index is 2.04. The highest BCUT2D eigenvalue weighted by molar-refractivity contribution is 5.88. The molecule has 1 heterocycles. The summed E-state index contributed by atoms with van der Waals surface area (Å²) in [5.74, 6) is 1.92. The lowest BCUT2D eigenvalue weighted by molar-refractivity contribution is 0.237. The summed E-state index contributed by atoms with van der Waals surface area (Å²) >= 11 is 0. The number of carbonyl (C=O) groups is 1. The van der Waals surface area contributed by atoms with Crippen LogP contribution in [0.5, 0.6) is 17.2 Å². The van der Waals surface area contributed by atoms with Crippen molar-refractivity contribution in [1.29, 1.82) is 0 Å². The second kappa shape index (κ2) is 11.0. The molecule has 8 heteroatoms. The molecule has 1 amide bonds. The second-order valence-corrected chi connectivity index (χ2v) is 7.43. The average Bonchev–Trinajstić information content (AvgIpc) is 3.30. The number of aromatic nitrogens is 3. The zero-order chi connectivity index (χ0) is 23.8. The zero-order valence-electron chi connectivity index (χ0n) is 19.2. The van der Waals surface area contributed by atoms with Crippen LogP contribution in [0.15, 0.2) is 55.3 Å². The molecule has 0 saturated carbocycles. The quantitative estimate of drug-likeness (QED) is 0.378. The summed E-state index contributed by atoms with van der Waals surface area (Å²) in [7, 11) is 3.15. The Bertz CT molecular complexity index is 1130. The molecular formula is C25H28N4O4. The van der Waals surface area contributed by atoms with Crippen LogP contribution in [0.3, 0.4) is 0 Å². The number of carbonyl (C=O) groups excluding carboxylic acids is 1. The molecule has 0 aliphatic heterocycles. The number of benzene rings is 2. The molecule has 8 nitrogen and oxygen atoms in total. The van der Waals surface area contributed by atoms with Gasteiger partial charge in [-0.2, -0.15) is 4.68 Å². The van der Waals surface area contributed by atoms with Crippen LogP contribution in [0.1, 0.15) is 25.0 Å². The highest BCUT2D eigenvalue weighted by atomic mass is 16.5. The van der Waals surface area contributed by atoms with Crippen molar-refractivity contribution in [3.8, 4) is 28.5 Å². The molecule has 0 fully saturated rings. The van der Waals surface area contributed by atoms with E-state index in [1.54, 1.807) is 26.4 Å². The fraction of sp³-hybridized carbons (Fsp3) is 0.240. The van der Waals surface area contributed by atoms with E-state index in [2.05, 4.69) is 22.2 Å². The van der Waals surface area contributed by atoms with Crippen molar-refractivity contribution in [2.24, 2.45) is 0 Å². The van der Waals surface area contributed by atoms with Crippen LogP contribution in [0.2, 0.25) is 0 Å². The average molecular weight is 449 g/mol. The zero-order valence-corrected chi connectivity index (χ0v) is 19.2. The molecule has 0 atom stereocenters. The van der Waals surface area contributed by atoms with Gasteiger partial charge in [-0.3, -0.25) is 0 Å². The van der Waals surface area contributed by atoms with Gasteiger partial charge in [0.05, 0.1) is 26.0 Å². The van der Waals surface area contributed by atoms with E-state index in [-0.39, 0.29) is 12.1 Å². The molecule has 0 spiro atoms. The minimum absolute atomic E-state index is 0.0508. The topological polar surface area (TPSA) is 87.5 Å². The van der Waals surface area contributed by atoms with Gasteiger partial charge in [0.1, 0.15) is 29.5 Å². The molecular weight excluding hydrogens is 420 g/mol. The number of nitrogens with zero attached hydrogens (tertiary/aromatic N) is 3. The number of amides is 1. The molecule has 0 aliphatic carbocycles. The third kappa shape index (κ3) is 5.79. The van der Waals surface area contributed by atoms with E-state index < -0.39 is 0 Å². The van der Waals surface area contributed by atoms with Gasteiger partial charge in [0.2, 0.25) is 0 Å². The number of methoxy groups -OCH3 is 2. The molecule has 33 heavy (non-hydrogen) atoms. The smallest absolute Gasteiger partial charge is 0.344 e. The van der Waals surface area contributed by atoms with Crippen LogP contribution < -0.4 is 19.5 Å². The Morgan fingerprint density at radius 1 is 1.12 bits per heavy atom. The molecule has 0 unspecified atom stereocenters. The molecule has 0 aliphatic rings. The first-order valence-electron chi connectivity index (χ1n) is 10.5. The summed E-state index contributed by atoms with van der Waals surface area (Å²) < 4.78 is 17.8. The van der Waals surface area contributed by atoms with E-state index in [0.717, 1.165) is 16.9 Å². The standard InChI is InChI=1S/C25H28N4O4/c1-6-13-33-20-11-8-18(9-12-20)7-10-19-14-21(31-4)15-23(32-5)24(19)22-16-26-28-29(22)25(30)27-17(2)3/h6-12,14-17H,1,13H2,2-5H3,(H,27,30)/b10-7+. The van der Waals surface area contributed by atoms with Crippen LogP contribution in [0.4, 0.5) is 4.79 Å². The number of hydrogen-bond acceptors (Lipinski definition) is 6. The Kier molecular flexibility index (Phi) is 7.86. The maximum Gasteiger partial charge on any atom is 0.344 e. The molecule has 0 bridgehead atoms. The Hall–Kier alpha value is -4.07. The molecule has 0 radical (unpaired) electrons. The molecule has 3 rings (SSSR count). The van der Waals surface area contributed by atoms with Crippen LogP contribution in [0, 0.1) is 0 Å². The Morgan fingerprint density at radius 3 is 2.52 bits per heavy atom. The predicted octanol–water partition coefficient (Wildman–Crippen LogP) is 4.66. The van der Waals surface area contributed by atoms with Crippen molar-refractivity contribution < 1.29 is 19.0 Å². The van der Waals surface area contributed by atoms with Gasteiger partial charge in [0.25, 0.3) is 0 Å². The van der Waals surface area contributed by atoms with E-state index in [4.69, 9.17) is 14.2 Å². The van der Waals surface area contributed by atoms with Crippen molar-refractivity contribution in [2.45, 2.75) is 19.9 Å². The van der Waals surface area contributed by atoms with Crippen molar-refractivity contribution in [2.75, 3.05) is 20.8 Å². The van der Waals surface area contributed by atoms with Gasteiger partial charge < -0.3 is 19.5 Å². The van der Waals surface area contributed by atoms with Gasteiger partial charge in [0.15, 0.2) is 0 Å². The molecule has 2 aromatic carbocycles. The number of ether oxygens (including phenoxy) is 3. The Labute approximate surface area is 193 Å². The molecule has 1 aromatic heterocycles. The molecule has 3 aromatic rings. The minimum Gasteiger partial charge on any atom is -0.497 e. The summed E-state index contributed by atoms with van der Waals surface area (Å²) in [6, 6.07) is 10.9. The van der Waals surface area contributed by atoms with Crippen LogP contribution in [-0.2, 0) is 0 Å². The van der Waals surface area contributed by atoms with Crippen molar-refractivity contribution in [3.63, 3.8) is 0 Å². The molecule has 172 valence electrons. The number of rotatable bonds is 9. The molecule has 1 N–H and O–H groups in total. The van der Waals surface area contributed by atoms with Crippen molar-refractivity contribution >= 4 is 18.2 Å². The third-order valence-corrected chi connectivity index (χ3v) is 4.68. The lowest BCUT2D eigenvalue weighted by Crippen LogP contribution is -2.35. The number of nitrogens with one attached hydrogen (secondary N) is 1. The first-order valence-corrected chi connectivity index (χ1v) is 10.5. The third-order valence-electron chi connectivity index (χ3n) is 4.68. The summed E-state index contributed by atoms with van der Waals surface area (Å²) in [4.78, 5) is 12.7. The Morgan fingerprint density at radius 2 is 1.88 bits per heavy atom. The normalized spacial score (nSPS) is 10.9. The lowest BCUT2D eigenvalue weighted by atomic mass is 10.0. The summed E-state index contributed by atoms with van der Waals surface area (Å²) in [6.45, 7) is 7.86. The monoisotopic (exact) mass is 448 g/mol. The van der Waals surface area contributed by atoms with E-state index >= 15 is 0 Å². The van der Waals surface area contributed by atoms with E-state index in [0.29, 0.717) is 29.4 Å². The maximum atomic E-state index is 12.7. The fourth-order valence-corrected chi connectivity index (χ4v) is 3.18. The lowest BCUT2D eigenvalue weighted by Gasteiger charge is -2.15. The first-order chi connectivity index (χ1) is 16.0. The summed E-state index contributed by atoms with van der Waals surface area (Å²) in [5, 5.41) is 10.8. The fourth-order valence-electron chi connectivity index (χ4n) is 3.18. The van der Waals surface area contributed by atoms with Gasteiger partial charge >= 0.3 is 6.03 Å². The van der Waals surface area contributed by atoms with Crippen LogP contribution in [-0.4, -0.2) is 47.9 Å². The highest BCUT2D eigenvalue weighted by Gasteiger charge is 2.21. The van der Waals surface area contributed by atoms with E-state index in [9.17, 15) is 4.79 Å². The second-order valence-electron chi connectivity index (χ2n) is 7.43. The van der Waals surface area contributed by atoms with Gasteiger partial charge in [0, 0.05) is 12.1 Å². The van der Waals surface area contributed by atoms with Crippen molar-refractivity contribution in [3.05, 3.63) is 66.4 Å². The van der Waals surface area contributed by atoms with E-state index in [1.165, 1.54) is 10.9 Å². The van der Waals surface area contributed by atoms with Crippen LogP contribution >= 0.6 is 0 Å². The SMILES string of the molecule is C=CCOc1ccc(/C=C/c2cc(OC)cc(OC)c2-c2cnnn2C(=O)NC(C)C)cc1. The largest absolute Gasteiger partial charge is 0.497 e. The predicted molar refractivity (Wildman–Crippen MR) is 129 cm³/mol. The van der Waals surface area contributed by atoms with Gasteiger partial charge in [-0.15, -0.1) is 5.10 Å². The van der Waals surface area contributed by atoms with Gasteiger partial charge in [-0.05, 0) is 43.2 Å². The maximum absolute atomic E-state index is 12.7. The summed E-state index contributed by atoms with van der Waals surface area (Å²) in [6.07, 6.45) is 7.12. The van der Waals surface area contributed by atoms with Crippen molar-refractivity contribution in [1.82, 2.24) is 20.3 Å². The van der Waals surface area contributed by atoms with Gasteiger partial charge in [-0.1, -0.05) is 42.2 Å². The minimum atomic E-state index is -0.375. The first kappa shape index (κ1) is 23.6.